The minimum atomic E-state index is -1.69. The largest absolute Gasteiger partial charge is 0.479 e. The van der Waals surface area contributed by atoms with E-state index in [0.717, 1.165) is 13.0 Å². The fraction of sp³-hybridized carbons (Fsp3) is 0.909. The van der Waals surface area contributed by atoms with Crippen LogP contribution < -0.4 is 5.32 Å². The van der Waals surface area contributed by atoms with Crippen molar-refractivity contribution in [1.82, 2.24) is 10.2 Å². The van der Waals surface area contributed by atoms with Gasteiger partial charge in [-0.3, -0.25) is 0 Å². The van der Waals surface area contributed by atoms with E-state index in [1.807, 2.05) is 7.05 Å². The summed E-state index contributed by atoms with van der Waals surface area (Å²) in [5.41, 5.74) is -1.69. The van der Waals surface area contributed by atoms with Crippen molar-refractivity contribution in [2.45, 2.75) is 38.8 Å². The lowest BCUT2D eigenvalue weighted by molar-refractivity contribution is -0.156. The number of hydrogen-bond donors (Lipinski definition) is 3. The van der Waals surface area contributed by atoms with Gasteiger partial charge >= 0.3 is 5.97 Å². The maximum Gasteiger partial charge on any atom is 0.336 e. The molecule has 0 heterocycles. The predicted molar refractivity (Wildman–Crippen MR) is 63.5 cm³/mol. The molecular weight excluding hydrogens is 208 g/mol. The quantitative estimate of drug-likeness (QED) is 0.519. The molecule has 5 heteroatoms. The molecule has 0 saturated carbocycles. The third-order valence-corrected chi connectivity index (χ3v) is 2.91. The number of aliphatic carboxylic acids is 1. The summed E-state index contributed by atoms with van der Waals surface area (Å²) in [7, 11) is 2.03. The monoisotopic (exact) mass is 232 g/mol. The Kier molecular flexibility index (Phi) is 6.55. The fourth-order valence-corrected chi connectivity index (χ4v) is 1.19. The highest BCUT2D eigenvalue weighted by Crippen LogP contribution is 2.01. The number of rotatable bonds is 8. The first-order valence-electron chi connectivity index (χ1n) is 5.68. The van der Waals surface area contributed by atoms with E-state index < -0.39 is 11.6 Å². The van der Waals surface area contributed by atoms with Crippen molar-refractivity contribution >= 4 is 5.97 Å². The molecule has 0 spiro atoms. The van der Waals surface area contributed by atoms with Gasteiger partial charge in [0.05, 0.1) is 0 Å². The summed E-state index contributed by atoms with van der Waals surface area (Å²) < 4.78 is 0. The van der Waals surface area contributed by atoms with Gasteiger partial charge in [-0.25, -0.2) is 4.79 Å². The van der Waals surface area contributed by atoms with Crippen LogP contribution in [0.2, 0.25) is 0 Å². The molecule has 96 valence electrons. The van der Waals surface area contributed by atoms with Crippen LogP contribution >= 0.6 is 0 Å². The van der Waals surface area contributed by atoms with Gasteiger partial charge in [0.2, 0.25) is 0 Å². The molecule has 0 aliphatic heterocycles. The zero-order valence-corrected chi connectivity index (χ0v) is 10.7. The number of hydrogen-bond acceptors (Lipinski definition) is 4. The van der Waals surface area contributed by atoms with E-state index in [4.69, 9.17) is 5.11 Å². The average molecular weight is 232 g/mol. The molecular formula is C11H24N2O3. The van der Waals surface area contributed by atoms with E-state index in [2.05, 4.69) is 24.1 Å². The molecule has 0 aliphatic carbocycles. The molecule has 0 saturated heterocycles. The molecule has 3 N–H and O–H groups in total. The summed E-state index contributed by atoms with van der Waals surface area (Å²) in [6.07, 6.45) is 1.09. The zero-order valence-electron chi connectivity index (χ0n) is 10.7. The number of carboxylic acids is 1. The molecule has 0 aromatic heterocycles. The van der Waals surface area contributed by atoms with Crippen molar-refractivity contribution in [3.63, 3.8) is 0 Å². The first-order chi connectivity index (χ1) is 7.31. The Morgan fingerprint density at radius 3 is 2.56 bits per heavy atom. The molecule has 2 atom stereocenters. The van der Waals surface area contributed by atoms with Gasteiger partial charge in [-0.05, 0) is 27.3 Å². The van der Waals surface area contributed by atoms with Gasteiger partial charge in [0.15, 0.2) is 5.60 Å². The molecule has 0 bridgehead atoms. The van der Waals surface area contributed by atoms with Crippen LogP contribution in [0, 0.1) is 0 Å². The van der Waals surface area contributed by atoms with Crippen molar-refractivity contribution in [2.24, 2.45) is 0 Å². The standard InChI is InChI=1S/C11H24N2O3/c1-5-9(2)13(4)7-6-12-8-11(3,16)10(14)15/h9,12,16H,5-8H2,1-4H3,(H,14,15). The van der Waals surface area contributed by atoms with Crippen LogP contribution in [0.3, 0.4) is 0 Å². The van der Waals surface area contributed by atoms with E-state index in [9.17, 15) is 9.90 Å². The lowest BCUT2D eigenvalue weighted by atomic mass is 10.1. The molecule has 0 rings (SSSR count). The van der Waals surface area contributed by atoms with E-state index in [-0.39, 0.29) is 6.54 Å². The SMILES string of the molecule is CCC(C)N(C)CCNCC(C)(O)C(=O)O. The number of aliphatic hydroxyl groups is 1. The van der Waals surface area contributed by atoms with Crippen molar-refractivity contribution in [2.75, 3.05) is 26.7 Å². The van der Waals surface area contributed by atoms with Crippen LogP contribution in [0.5, 0.6) is 0 Å². The van der Waals surface area contributed by atoms with Crippen molar-refractivity contribution in [3.8, 4) is 0 Å². The molecule has 0 fully saturated rings. The van der Waals surface area contributed by atoms with E-state index >= 15 is 0 Å². The summed E-state index contributed by atoms with van der Waals surface area (Å²) in [6.45, 7) is 7.14. The van der Waals surface area contributed by atoms with Crippen molar-refractivity contribution < 1.29 is 15.0 Å². The lowest BCUT2D eigenvalue weighted by Crippen LogP contribution is -2.46. The smallest absolute Gasteiger partial charge is 0.336 e. The van der Waals surface area contributed by atoms with E-state index in [0.29, 0.717) is 12.6 Å². The topological polar surface area (TPSA) is 72.8 Å². The maximum absolute atomic E-state index is 10.6. The number of carboxylic acid groups (broad SMARTS) is 1. The average Bonchev–Trinajstić information content (AvgIpc) is 2.22. The first kappa shape index (κ1) is 15.3. The van der Waals surface area contributed by atoms with Crippen LogP contribution in [0.25, 0.3) is 0 Å². The summed E-state index contributed by atoms with van der Waals surface area (Å²) in [6, 6.07) is 0.516. The fourth-order valence-electron chi connectivity index (χ4n) is 1.19. The van der Waals surface area contributed by atoms with Gasteiger partial charge in [-0.15, -0.1) is 0 Å². The van der Waals surface area contributed by atoms with Gasteiger partial charge < -0.3 is 20.4 Å². The Morgan fingerprint density at radius 2 is 2.12 bits per heavy atom. The highest BCUT2D eigenvalue weighted by atomic mass is 16.4. The zero-order chi connectivity index (χ0) is 12.8. The van der Waals surface area contributed by atoms with E-state index in [1.54, 1.807) is 0 Å². The van der Waals surface area contributed by atoms with Gasteiger partial charge in [0.1, 0.15) is 0 Å². The second kappa shape index (κ2) is 6.83. The third-order valence-electron chi connectivity index (χ3n) is 2.91. The third kappa shape index (κ3) is 5.44. The highest BCUT2D eigenvalue weighted by Gasteiger charge is 2.28. The lowest BCUT2D eigenvalue weighted by Gasteiger charge is -2.24. The molecule has 0 aromatic rings. The Hall–Kier alpha value is -0.650. The Morgan fingerprint density at radius 1 is 1.56 bits per heavy atom. The van der Waals surface area contributed by atoms with Crippen LogP contribution in [0.15, 0.2) is 0 Å². The van der Waals surface area contributed by atoms with E-state index in [1.165, 1.54) is 6.92 Å². The van der Waals surface area contributed by atoms with Crippen LogP contribution in [0.1, 0.15) is 27.2 Å². The Labute approximate surface area is 97.4 Å². The Balaban J connectivity index is 3.72. The van der Waals surface area contributed by atoms with Gasteiger partial charge in [-0.1, -0.05) is 6.92 Å². The number of nitrogens with one attached hydrogen (secondary N) is 1. The van der Waals surface area contributed by atoms with Gasteiger partial charge in [0, 0.05) is 25.7 Å². The molecule has 0 radical (unpaired) electrons. The number of carbonyl (C=O) groups is 1. The predicted octanol–water partition coefficient (Wildman–Crippen LogP) is 0.142. The summed E-state index contributed by atoms with van der Waals surface area (Å²) in [4.78, 5) is 12.8. The molecule has 0 aliphatic rings. The summed E-state index contributed by atoms with van der Waals surface area (Å²) in [5, 5.41) is 21.1. The molecule has 0 aromatic carbocycles. The summed E-state index contributed by atoms with van der Waals surface area (Å²) >= 11 is 0. The maximum atomic E-state index is 10.6. The first-order valence-corrected chi connectivity index (χ1v) is 5.68. The van der Waals surface area contributed by atoms with Crippen LogP contribution in [-0.4, -0.2) is 59.4 Å². The van der Waals surface area contributed by atoms with Crippen molar-refractivity contribution in [3.05, 3.63) is 0 Å². The minimum absolute atomic E-state index is 0.0662. The molecule has 0 amide bonds. The molecule has 16 heavy (non-hydrogen) atoms. The minimum Gasteiger partial charge on any atom is -0.479 e. The van der Waals surface area contributed by atoms with Crippen LogP contribution in [0.4, 0.5) is 0 Å². The Bertz CT molecular complexity index is 219. The molecule has 5 nitrogen and oxygen atoms in total. The molecule has 2 unspecified atom stereocenters. The second-order valence-electron chi connectivity index (χ2n) is 4.49. The number of nitrogens with zero attached hydrogens (tertiary/aromatic N) is 1. The van der Waals surface area contributed by atoms with Crippen LogP contribution in [-0.2, 0) is 4.79 Å². The summed E-state index contributed by atoms with van der Waals surface area (Å²) in [5.74, 6) is -1.20. The van der Waals surface area contributed by atoms with Crippen molar-refractivity contribution in [1.29, 1.82) is 0 Å². The highest BCUT2D eigenvalue weighted by molar-refractivity contribution is 5.76. The second-order valence-corrected chi connectivity index (χ2v) is 4.49. The normalized spacial score (nSPS) is 17.1. The van der Waals surface area contributed by atoms with Gasteiger partial charge in [-0.2, -0.15) is 0 Å². The number of likely N-dealkylation sites (N-methyl/N-ethyl adjacent to an activating group) is 1. The van der Waals surface area contributed by atoms with Gasteiger partial charge in [0.25, 0.3) is 0 Å².